The number of ether oxygens (including phenoxy) is 1. The van der Waals surface area contributed by atoms with Gasteiger partial charge in [-0.3, -0.25) is 4.79 Å². The van der Waals surface area contributed by atoms with Crippen LogP contribution in [0.25, 0.3) is 0 Å². The fourth-order valence-corrected chi connectivity index (χ4v) is 1.54. The van der Waals surface area contributed by atoms with Crippen molar-refractivity contribution in [1.29, 1.82) is 0 Å². The Balaban J connectivity index is 2.97. The summed E-state index contributed by atoms with van der Waals surface area (Å²) in [6.07, 6.45) is -2.46. The van der Waals surface area contributed by atoms with Gasteiger partial charge in [-0.2, -0.15) is 0 Å². The molecule has 0 aliphatic carbocycles. The minimum Gasteiger partial charge on any atom is -0.496 e. The predicted molar refractivity (Wildman–Crippen MR) is 60.5 cm³/mol. The van der Waals surface area contributed by atoms with Crippen LogP contribution in [0.5, 0.6) is 5.75 Å². The second kappa shape index (κ2) is 5.94. The van der Waals surface area contributed by atoms with Crippen LogP contribution in [0, 0.1) is 0 Å². The van der Waals surface area contributed by atoms with Crippen LogP contribution in [0.4, 0.5) is 8.78 Å². The summed E-state index contributed by atoms with van der Waals surface area (Å²) in [5.41, 5.74) is 0.392. The Kier molecular flexibility index (Phi) is 4.86. The van der Waals surface area contributed by atoms with Gasteiger partial charge in [0.15, 0.2) is 0 Å². The summed E-state index contributed by atoms with van der Waals surface area (Å²) in [6.45, 7) is 0. The van der Waals surface area contributed by atoms with Crippen LogP contribution in [0.15, 0.2) is 18.2 Å². The van der Waals surface area contributed by atoms with Crippen LogP contribution in [-0.2, 0) is 11.2 Å². The van der Waals surface area contributed by atoms with Gasteiger partial charge in [0.1, 0.15) is 11.5 Å². The molecule has 0 bridgehead atoms. The van der Waals surface area contributed by atoms with Crippen molar-refractivity contribution in [3.8, 4) is 5.75 Å². The fraction of sp³-hybridized carbons (Fsp3) is 0.364. The number of methoxy groups -OCH3 is 1. The quantitative estimate of drug-likeness (QED) is 0.780. The van der Waals surface area contributed by atoms with E-state index in [1.165, 1.54) is 19.2 Å². The summed E-state index contributed by atoms with van der Waals surface area (Å²) >= 11 is 3.03. The fourth-order valence-electron chi connectivity index (χ4n) is 1.34. The third kappa shape index (κ3) is 3.27. The first kappa shape index (κ1) is 13.1. The van der Waals surface area contributed by atoms with Crippen molar-refractivity contribution in [2.75, 3.05) is 12.4 Å². The Morgan fingerprint density at radius 1 is 1.50 bits per heavy atom. The summed E-state index contributed by atoms with van der Waals surface area (Å²) in [6, 6.07) is 4.38. The molecule has 0 N–H and O–H groups in total. The monoisotopic (exact) mass is 292 g/mol. The molecule has 1 aromatic rings. The lowest BCUT2D eigenvalue weighted by molar-refractivity contribution is -0.115. The topological polar surface area (TPSA) is 26.3 Å². The Morgan fingerprint density at radius 3 is 2.69 bits per heavy atom. The second-order valence-electron chi connectivity index (χ2n) is 3.23. The van der Waals surface area contributed by atoms with E-state index < -0.39 is 6.43 Å². The standard InChI is InChI=1S/C11H11BrF2O2/c1-16-10-3-2-7(4-8(15)6-12)5-9(10)11(13)14/h2-3,5,11H,4,6H2,1H3. The third-order valence-electron chi connectivity index (χ3n) is 2.08. The van der Waals surface area contributed by atoms with E-state index in [-0.39, 0.29) is 28.8 Å². The smallest absolute Gasteiger partial charge is 0.267 e. The molecule has 0 unspecified atom stereocenters. The highest BCUT2D eigenvalue weighted by molar-refractivity contribution is 9.09. The first-order valence-electron chi connectivity index (χ1n) is 4.61. The molecular weight excluding hydrogens is 282 g/mol. The highest BCUT2D eigenvalue weighted by atomic mass is 79.9. The number of halogens is 3. The van der Waals surface area contributed by atoms with Gasteiger partial charge in [0.2, 0.25) is 0 Å². The van der Waals surface area contributed by atoms with E-state index in [0.29, 0.717) is 5.56 Å². The van der Waals surface area contributed by atoms with Gasteiger partial charge in [-0.25, -0.2) is 8.78 Å². The van der Waals surface area contributed by atoms with Gasteiger partial charge < -0.3 is 4.74 Å². The summed E-state index contributed by atoms with van der Waals surface area (Å²) < 4.78 is 30.1. The van der Waals surface area contributed by atoms with Gasteiger partial charge in [-0.05, 0) is 17.7 Å². The number of carbonyl (C=O) groups is 1. The lowest BCUT2D eigenvalue weighted by atomic mass is 10.1. The number of ketones is 1. The maximum absolute atomic E-state index is 12.6. The van der Waals surface area contributed by atoms with Crippen LogP contribution in [-0.4, -0.2) is 18.2 Å². The Bertz CT molecular complexity index is 380. The molecule has 0 aromatic heterocycles. The van der Waals surface area contributed by atoms with Gasteiger partial charge in [0.25, 0.3) is 6.43 Å². The molecule has 1 rings (SSSR count). The number of Topliss-reactive ketones (excluding diaryl/α,β-unsaturated/α-hetero) is 1. The van der Waals surface area contributed by atoms with E-state index in [2.05, 4.69) is 15.9 Å². The number of hydrogen-bond acceptors (Lipinski definition) is 2. The van der Waals surface area contributed by atoms with E-state index in [4.69, 9.17) is 4.74 Å². The van der Waals surface area contributed by atoms with Crippen LogP contribution in [0.2, 0.25) is 0 Å². The first-order valence-corrected chi connectivity index (χ1v) is 5.73. The molecule has 0 aliphatic rings. The predicted octanol–water partition coefficient (Wildman–Crippen LogP) is 3.14. The molecule has 16 heavy (non-hydrogen) atoms. The number of rotatable bonds is 5. The highest BCUT2D eigenvalue weighted by Crippen LogP contribution is 2.29. The van der Waals surface area contributed by atoms with E-state index in [0.717, 1.165) is 0 Å². The van der Waals surface area contributed by atoms with Gasteiger partial charge in [0, 0.05) is 6.42 Å². The first-order chi connectivity index (χ1) is 7.58. The Labute approximate surface area is 101 Å². The zero-order valence-electron chi connectivity index (χ0n) is 8.67. The molecule has 0 fully saturated rings. The van der Waals surface area contributed by atoms with E-state index >= 15 is 0 Å². The van der Waals surface area contributed by atoms with E-state index in [1.807, 2.05) is 0 Å². The molecular formula is C11H11BrF2O2. The van der Waals surface area contributed by atoms with Crippen LogP contribution in [0.1, 0.15) is 17.6 Å². The van der Waals surface area contributed by atoms with Gasteiger partial charge in [0.05, 0.1) is 18.0 Å². The molecule has 0 saturated carbocycles. The molecule has 0 heterocycles. The zero-order valence-corrected chi connectivity index (χ0v) is 10.3. The van der Waals surface area contributed by atoms with Crippen LogP contribution >= 0.6 is 15.9 Å². The zero-order chi connectivity index (χ0) is 12.1. The van der Waals surface area contributed by atoms with Crippen molar-refractivity contribution < 1.29 is 18.3 Å². The molecule has 0 radical (unpaired) electrons. The molecule has 88 valence electrons. The molecule has 0 amide bonds. The number of carbonyl (C=O) groups excluding carboxylic acids is 1. The molecule has 2 nitrogen and oxygen atoms in total. The number of alkyl halides is 3. The largest absolute Gasteiger partial charge is 0.496 e. The van der Waals surface area contributed by atoms with E-state index in [9.17, 15) is 13.6 Å². The molecule has 0 atom stereocenters. The lowest BCUT2D eigenvalue weighted by Gasteiger charge is -2.09. The summed E-state index contributed by atoms with van der Waals surface area (Å²) in [4.78, 5) is 11.2. The summed E-state index contributed by atoms with van der Waals surface area (Å²) in [7, 11) is 1.34. The van der Waals surface area contributed by atoms with Gasteiger partial charge in [-0.1, -0.05) is 22.0 Å². The minimum atomic E-state index is -2.60. The van der Waals surface area contributed by atoms with Crippen molar-refractivity contribution in [3.63, 3.8) is 0 Å². The maximum atomic E-state index is 12.6. The SMILES string of the molecule is COc1ccc(CC(=O)CBr)cc1C(F)F. The summed E-state index contributed by atoms with van der Waals surface area (Å²) in [5, 5.41) is 0.225. The lowest BCUT2D eigenvalue weighted by Crippen LogP contribution is -2.04. The van der Waals surface area contributed by atoms with E-state index in [1.54, 1.807) is 6.07 Å². The second-order valence-corrected chi connectivity index (χ2v) is 3.79. The van der Waals surface area contributed by atoms with Gasteiger partial charge in [-0.15, -0.1) is 0 Å². The summed E-state index contributed by atoms with van der Waals surface area (Å²) in [5.74, 6) is 0.0930. The van der Waals surface area contributed by atoms with Gasteiger partial charge >= 0.3 is 0 Å². The Morgan fingerprint density at radius 2 is 2.19 bits per heavy atom. The average Bonchev–Trinajstić information content (AvgIpc) is 2.28. The van der Waals surface area contributed by atoms with Crippen LogP contribution < -0.4 is 4.74 Å². The van der Waals surface area contributed by atoms with Crippen molar-refractivity contribution in [2.45, 2.75) is 12.8 Å². The normalized spacial score (nSPS) is 10.6. The molecule has 0 spiro atoms. The van der Waals surface area contributed by atoms with Crippen molar-refractivity contribution in [1.82, 2.24) is 0 Å². The highest BCUT2D eigenvalue weighted by Gasteiger charge is 2.15. The number of benzene rings is 1. The van der Waals surface area contributed by atoms with Crippen LogP contribution in [0.3, 0.4) is 0 Å². The third-order valence-corrected chi connectivity index (χ3v) is 2.70. The maximum Gasteiger partial charge on any atom is 0.267 e. The van der Waals surface area contributed by atoms with Crippen molar-refractivity contribution >= 4 is 21.7 Å². The minimum absolute atomic E-state index is 0.0506. The number of hydrogen-bond donors (Lipinski definition) is 0. The van der Waals surface area contributed by atoms with Crippen molar-refractivity contribution in [2.24, 2.45) is 0 Å². The molecule has 0 saturated heterocycles. The Hall–Kier alpha value is -0.970. The molecule has 1 aromatic carbocycles. The molecule has 0 aliphatic heterocycles. The average molecular weight is 293 g/mol. The van der Waals surface area contributed by atoms with Crippen molar-refractivity contribution in [3.05, 3.63) is 29.3 Å². The molecule has 5 heteroatoms.